The average Bonchev–Trinajstić information content (AvgIpc) is 3.14. The number of carbonyl (C=O) groups is 1. The largest absolute Gasteiger partial charge is 0.490 e. The van der Waals surface area contributed by atoms with Gasteiger partial charge in [-0.3, -0.25) is 9.48 Å². The maximum atomic E-state index is 12.7. The van der Waals surface area contributed by atoms with Crippen LogP contribution in [0.4, 0.5) is 0 Å². The lowest BCUT2D eigenvalue weighted by atomic mass is 10.1. The fourth-order valence-corrected chi connectivity index (χ4v) is 3.46. The van der Waals surface area contributed by atoms with Gasteiger partial charge in [0.15, 0.2) is 0 Å². The van der Waals surface area contributed by atoms with Crippen LogP contribution in [-0.2, 0) is 6.54 Å². The Morgan fingerprint density at radius 2 is 2.12 bits per heavy atom. The first-order chi connectivity index (χ1) is 12.2. The molecular formula is C19H23N3O3. The summed E-state index contributed by atoms with van der Waals surface area (Å²) in [5.74, 6) is 0.751. The Balaban J connectivity index is 1.39. The van der Waals surface area contributed by atoms with Gasteiger partial charge in [-0.1, -0.05) is 12.1 Å². The average molecular weight is 341 g/mol. The smallest absolute Gasteiger partial charge is 0.255 e. The van der Waals surface area contributed by atoms with Crippen LogP contribution in [0.2, 0.25) is 0 Å². The van der Waals surface area contributed by atoms with Crippen molar-refractivity contribution >= 4 is 5.91 Å². The highest BCUT2D eigenvalue weighted by atomic mass is 16.5. The normalized spacial score (nSPS) is 25.7. The molecular weight excluding hydrogens is 318 g/mol. The lowest BCUT2D eigenvalue weighted by Crippen LogP contribution is -2.40. The molecule has 2 saturated carbocycles. The second kappa shape index (κ2) is 6.88. The minimum Gasteiger partial charge on any atom is -0.490 e. The van der Waals surface area contributed by atoms with Gasteiger partial charge in [0, 0.05) is 18.9 Å². The standard InChI is InChI=1S/C19H23N3O3/c23-17-11-13(12-22-9-3-8-20-22)10-16(17)21-19(24)15-4-1-2-5-18(15)25-14-6-7-14/h1-5,8-9,13-14,16-17,23H,6-7,10-12H2,(H,21,24)/t13?,16-,17-/m1/s1. The Morgan fingerprint density at radius 1 is 1.28 bits per heavy atom. The van der Waals surface area contributed by atoms with Crippen molar-refractivity contribution in [2.75, 3.05) is 0 Å². The summed E-state index contributed by atoms with van der Waals surface area (Å²) in [5.41, 5.74) is 0.539. The van der Waals surface area contributed by atoms with E-state index in [1.165, 1.54) is 0 Å². The number of aliphatic hydroxyl groups is 1. The van der Waals surface area contributed by atoms with E-state index in [1.54, 1.807) is 12.3 Å². The molecule has 25 heavy (non-hydrogen) atoms. The Kier molecular flexibility index (Phi) is 4.44. The number of aliphatic hydroxyl groups excluding tert-OH is 1. The van der Waals surface area contributed by atoms with Crippen LogP contribution in [0.25, 0.3) is 0 Å². The third-order valence-corrected chi connectivity index (χ3v) is 4.90. The van der Waals surface area contributed by atoms with Crippen molar-refractivity contribution in [3.05, 3.63) is 48.3 Å². The summed E-state index contributed by atoms with van der Waals surface area (Å²) < 4.78 is 7.70. The molecule has 3 atom stereocenters. The SMILES string of the molecule is O=C(N[C@@H]1CC(Cn2cccn2)C[C@H]1O)c1ccccc1OC1CC1. The van der Waals surface area contributed by atoms with E-state index in [2.05, 4.69) is 10.4 Å². The number of nitrogens with zero attached hydrogens (tertiary/aromatic N) is 2. The van der Waals surface area contributed by atoms with Crippen molar-refractivity contribution in [3.8, 4) is 5.75 Å². The molecule has 2 aliphatic carbocycles. The summed E-state index contributed by atoms with van der Waals surface area (Å²) in [4.78, 5) is 12.7. The highest BCUT2D eigenvalue weighted by Gasteiger charge is 2.35. The van der Waals surface area contributed by atoms with Crippen molar-refractivity contribution in [1.82, 2.24) is 15.1 Å². The summed E-state index contributed by atoms with van der Waals surface area (Å²) in [6.07, 6.45) is 6.90. The van der Waals surface area contributed by atoms with E-state index in [1.807, 2.05) is 35.1 Å². The summed E-state index contributed by atoms with van der Waals surface area (Å²) >= 11 is 0. The molecule has 1 amide bonds. The molecule has 0 spiro atoms. The van der Waals surface area contributed by atoms with E-state index in [0.717, 1.165) is 25.8 Å². The molecule has 1 heterocycles. The lowest BCUT2D eigenvalue weighted by Gasteiger charge is -2.18. The molecule has 2 N–H and O–H groups in total. The lowest BCUT2D eigenvalue weighted by molar-refractivity contribution is 0.0868. The highest BCUT2D eigenvalue weighted by Crippen LogP contribution is 2.30. The maximum absolute atomic E-state index is 12.7. The van der Waals surface area contributed by atoms with E-state index in [9.17, 15) is 9.90 Å². The highest BCUT2D eigenvalue weighted by molar-refractivity contribution is 5.97. The molecule has 1 unspecified atom stereocenters. The third kappa shape index (κ3) is 3.85. The summed E-state index contributed by atoms with van der Waals surface area (Å²) in [5, 5.41) is 17.5. The minimum absolute atomic E-state index is 0.181. The molecule has 132 valence electrons. The van der Waals surface area contributed by atoms with Gasteiger partial charge in [-0.15, -0.1) is 0 Å². The monoisotopic (exact) mass is 341 g/mol. The number of nitrogens with one attached hydrogen (secondary N) is 1. The fourth-order valence-electron chi connectivity index (χ4n) is 3.46. The topological polar surface area (TPSA) is 76.4 Å². The van der Waals surface area contributed by atoms with E-state index in [0.29, 0.717) is 23.7 Å². The van der Waals surface area contributed by atoms with Crippen LogP contribution < -0.4 is 10.1 Å². The van der Waals surface area contributed by atoms with Gasteiger partial charge >= 0.3 is 0 Å². The van der Waals surface area contributed by atoms with Crippen molar-refractivity contribution < 1.29 is 14.6 Å². The first kappa shape index (κ1) is 16.1. The quantitative estimate of drug-likeness (QED) is 0.842. The van der Waals surface area contributed by atoms with Gasteiger partial charge in [0.2, 0.25) is 0 Å². The molecule has 2 fully saturated rings. The third-order valence-electron chi connectivity index (χ3n) is 4.90. The maximum Gasteiger partial charge on any atom is 0.255 e. The first-order valence-electron chi connectivity index (χ1n) is 8.91. The second-order valence-electron chi connectivity index (χ2n) is 7.03. The molecule has 2 aromatic rings. The van der Waals surface area contributed by atoms with Crippen molar-refractivity contribution in [2.45, 2.75) is 50.5 Å². The molecule has 0 radical (unpaired) electrons. The zero-order valence-electron chi connectivity index (χ0n) is 14.0. The Morgan fingerprint density at radius 3 is 2.88 bits per heavy atom. The van der Waals surface area contributed by atoms with Crippen LogP contribution in [-0.4, -0.2) is 39.0 Å². The Labute approximate surface area is 146 Å². The molecule has 0 aliphatic heterocycles. The number of hydrogen-bond acceptors (Lipinski definition) is 4. The number of carbonyl (C=O) groups excluding carboxylic acids is 1. The Hall–Kier alpha value is -2.34. The summed E-state index contributed by atoms with van der Waals surface area (Å²) in [6, 6.07) is 8.97. The van der Waals surface area contributed by atoms with Gasteiger partial charge in [-0.2, -0.15) is 5.10 Å². The number of aromatic nitrogens is 2. The molecule has 1 aromatic carbocycles. The fraction of sp³-hybridized carbons (Fsp3) is 0.474. The van der Waals surface area contributed by atoms with Gasteiger partial charge in [-0.05, 0) is 49.8 Å². The molecule has 4 rings (SSSR count). The molecule has 0 bridgehead atoms. The van der Waals surface area contributed by atoms with Gasteiger partial charge < -0.3 is 15.2 Å². The predicted octanol–water partition coefficient (Wildman–Crippen LogP) is 1.99. The summed E-state index contributed by atoms with van der Waals surface area (Å²) in [6.45, 7) is 0.762. The molecule has 2 aliphatic rings. The van der Waals surface area contributed by atoms with Gasteiger partial charge in [-0.25, -0.2) is 0 Å². The second-order valence-corrected chi connectivity index (χ2v) is 7.03. The zero-order valence-corrected chi connectivity index (χ0v) is 14.0. The van der Waals surface area contributed by atoms with Crippen molar-refractivity contribution in [3.63, 3.8) is 0 Å². The summed E-state index contributed by atoms with van der Waals surface area (Å²) in [7, 11) is 0. The van der Waals surface area contributed by atoms with E-state index < -0.39 is 6.10 Å². The number of para-hydroxylation sites is 1. The number of rotatable bonds is 6. The number of hydrogen-bond donors (Lipinski definition) is 2. The van der Waals surface area contributed by atoms with Crippen molar-refractivity contribution in [2.24, 2.45) is 5.92 Å². The van der Waals surface area contributed by atoms with Crippen LogP contribution in [0, 0.1) is 5.92 Å². The van der Waals surface area contributed by atoms with Crippen LogP contribution in [0.5, 0.6) is 5.75 Å². The first-order valence-corrected chi connectivity index (χ1v) is 8.91. The van der Waals surface area contributed by atoms with Crippen LogP contribution in [0.15, 0.2) is 42.7 Å². The predicted molar refractivity (Wildman–Crippen MR) is 92.3 cm³/mol. The number of ether oxygens (including phenoxy) is 1. The molecule has 1 aromatic heterocycles. The molecule has 6 nitrogen and oxygen atoms in total. The van der Waals surface area contributed by atoms with E-state index in [4.69, 9.17) is 4.74 Å². The van der Waals surface area contributed by atoms with Crippen LogP contribution >= 0.6 is 0 Å². The van der Waals surface area contributed by atoms with E-state index >= 15 is 0 Å². The van der Waals surface area contributed by atoms with Gasteiger partial charge in [0.25, 0.3) is 5.91 Å². The Bertz CT molecular complexity index is 727. The molecule has 6 heteroatoms. The molecule has 0 saturated heterocycles. The van der Waals surface area contributed by atoms with Gasteiger partial charge in [0.1, 0.15) is 5.75 Å². The zero-order chi connectivity index (χ0) is 17.2. The van der Waals surface area contributed by atoms with E-state index in [-0.39, 0.29) is 18.1 Å². The number of benzene rings is 1. The minimum atomic E-state index is -0.527. The van der Waals surface area contributed by atoms with Crippen molar-refractivity contribution in [1.29, 1.82) is 0 Å². The number of amides is 1. The van der Waals surface area contributed by atoms with Crippen LogP contribution in [0.3, 0.4) is 0 Å². The van der Waals surface area contributed by atoms with Crippen LogP contribution in [0.1, 0.15) is 36.0 Å². The van der Waals surface area contributed by atoms with Gasteiger partial charge in [0.05, 0.1) is 23.8 Å².